The van der Waals surface area contributed by atoms with Crippen molar-refractivity contribution in [3.05, 3.63) is 58.1 Å². The number of rotatable bonds is 5. The van der Waals surface area contributed by atoms with Crippen LogP contribution in [0.15, 0.2) is 46.8 Å². The summed E-state index contributed by atoms with van der Waals surface area (Å²) < 4.78 is 65.6. The van der Waals surface area contributed by atoms with Gasteiger partial charge in [0.1, 0.15) is 4.90 Å². The van der Waals surface area contributed by atoms with Crippen LogP contribution in [0.25, 0.3) is 10.6 Å². The Balaban J connectivity index is 1.44. The fraction of sp³-hybridized carbons (Fsp3) is 0.316. The molecule has 1 N–H and O–H groups in total. The number of aromatic amines is 1. The largest absolute Gasteiger partial charge is 0.416 e. The van der Waals surface area contributed by atoms with Gasteiger partial charge in [-0.3, -0.25) is 10.00 Å². The molecule has 0 amide bonds. The average molecular weight is 491 g/mol. The molecule has 1 fully saturated rings. The molecule has 3 aromatic rings. The molecule has 4 rings (SSSR count). The molecule has 1 aromatic carbocycles. The number of benzene rings is 1. The molecule has 1 saturated heterocycles. The van der Waals surface area contributed by atoms with Gasteiger partial charge >= 0.3 is 6.18 Å². The highest BCUT2D eigenvalue weighted by Crippen LogP contribution is 2.34. The van der Waals surface area contributed by atoms with Crippen LogP contribution in [0.2, 0.25) is 5.02 Å². The van der Waals surface area contributed by atoms with Gasteiger partial charge in [0, 0.05) is 38.3 Å². The topological polar surface area (TPSA) is 69.3 Å². The summed E-state index contributed by atoms with van der Waals surface area (Å²) in [5.41, 5.74) is 0.981. The van der Waals surface area contributed by atoms with E-state index in [1.165, 1.54) is 4.31 Å². The predicted octanol–water partition coefficient (Wildman–Crippen LogP) is 4.32. The summed E-state index contributed by atoms with van der Waals surface area (Å²) in [4.78, 5) is 2.87. The van der Waals surface area contributed by atoms with Crippen LogP contribution in [-0.4, -0.2) is 54.0 Å². The Kier molecular flexibility index (Phi) is 6.14. The van der Waals surface area contributed by atoms with Crippen molar-refractivity contribution in [2.75, 3.05) is 26.2 Å². The number of H-pyrrole nitrogens is 1. The molecule has 6 nitrogen and oxygen atoms in total. The van der Waals surface area contributed by atoms with E-state index in [1.807, 2.05) is 17.5 Å². The molecule has 1 aliphatic heterocycles. The number of aromatic nitrogens is 2. The van der Waals surface area contributed by atoms with Gasteiger partial charge in [-0.15, -0.1) is 11.3 Å². The van der Waals surface area contributed by atoms with Crippen molar-refractivity contribution in [2.45, 2.75) is 17.6 Å². The van der Waals surface area contributed by atoms with E-state index in [2.05, 4.69) is 15.1 Å². The average Bonchev–Trinajstić information content (AvgIpc) is 3.39. The van der Waals surface area contributed by atoms with E-state index in [-0.39, 0.29) is 18.0 Å². The van der Waals surface area contributed by atoms with Crippen LogP contribution in [0.3, 0.4) is 0 Å². The first-order valence-corrected chi connectivity index (χ1v) is 12.0. The zero-order valence-corrected chi connectivity index (χ0v) is 18.5. The predicted molar refractivity (Wildman–Crippen MR) is 112 cm³/mol. The number of nitrogens with one attached hydrogen (secondary N) is 1. The zero-order valence-electron chi connectivity index (χ0n) is 16.1. The summed E-state index contributed by atoms with van der Waals surface area (Å²) in [5.74, 6) is 0. The van der Waals surface area contributed by atoms with Gasteiger partial charge in [0.25, 0.3) is 0 Å². The molecule has 3 heterocycles. The zero-order chi connectivity index (χ0) is 22.2. The second-order valence-electron chi connectivity index (χ2n) is 7.07. The van der Waals surface area contributed by atoms with Gasteiger partial charge in [-0.05, 0) is 29.6 Å². The fourth-order valence-electron chi connectivity index (χ4n) is 3.46. The number of sulfonamides is 1. The highest BCUT2D eigenvalue weighted by atomic mass is 35.5. The normalized spacial score (nSPS) is 16.6. The molecule has 0 spiro atoms. The van der Waals surface area contributed by atoms with Crippen LogP contribution in [0, 0.1) is 0 Å². The third-order valence-corrected chi connectivity index (χ3v) is 8.36. The highest BCUT2D eigenvalue weighted by molar-refractivity contribution is 7.89. The number of nitrogens with zero attached hydrogens (tertiary/aromatic N) is 3. The van der Waals surface area contributed by atoms with Gasteiger partial charge < -0.3 is 0 Å². The maximum atomic E-state index is 12.9. The Hall–Kier alpha value is -1.92. The second-order valence-corrected chi connectivity index (χ2v) is 10.3. The molecule has 166 valence electrons. The van der Waals surface area contributed by atoms with Crippen LogP contribution in [0.1, 0.15) is 11.1 Å². The van der Waals surface area contributed by atoms with Gasteiger partial charge in [-0.2, -0.15) is 22.6 Å². The molecular formula is C19H18ClF3N4O2S2. The number of thiophene rings is 1. The third-order valence-electron chi connectivity index (χ3n) is 5.09. The lowest BCUT2D eigenvalue weighted by molar-refractivity contribution is -0.137. The maximum absolute atomic E-state index is 12.9. The third kappa shape index (κ3) is 4.65. The Bertz CT molecular complexity index is 1160. The fourth-order valence-corrected chi connectivity index (χ4v) is 6.16. The van der Waals surface area contributed by atoms with Crippen molar-refractivity contribution < 1.29 is 21.6 Å². The molecule has 0 aliphatic carbocycles. The Morgan fingerprint density at radius 3 is 2.52 bits per heavy atom. The van der Waals surface area contributed by atoms with E-state index >= 15 is 0 Å². The Morgan fingerprint density at radius 1 is 1.16 bits per heavy atom. The van der Waals surface area contributed by atoms with E-state index in [4.69, 9.17) is 11.6 Å². The minimum atomic E-state index is -4.59. The van der Waals surface area contributed by atoms with Crippen LogP contribution < -0.4 is 0 Å². The molecule has 0 bridgehead atoms. The van der Waals surface area contributed by atoms with Crippen LogP contribution in [0.4, 0.5) is 13.2 Å². The van der Waals surface area contributed by atoms with Gasteiger partial charge in [0.05, 0.1) is 27.4 Å². The van der Waals surface area contributed by atoms with E-state index < -0.39 is 26.8 Å². The molecule has 0 atom stereocenters. The highest BCUT2D eigenvalue weighted by Gasteiger charge is 2.34. The molecule has 12 heteroatoms. The summed E-state index contributed by atoms with van der Waals surface area (Å²) in [6.45, 7) is 2.00. The van der Waals surface area contributed by atoms with E-state index in [1.54, 1.807) is 17.5 Å². The van der Waals surface area contributed by atoms with E-state index in [0.29, 0.717) is 25.7 Å². The number of hydrogen-bond donors (Lipinski definition) is 1. The number of alkyl halides is 3. The molecule has 0 radical (unpaired) electrons. The van der Waals surface area contributed by atoms with Crippen LogP contribution in [-0.2, 0) is 22.7 Å². The summed E-state index contributed by atoms with van der Waals surface area (Å²) in [5, 5.41) is 8.68. The number of piperazine rings is 1. The smallest absolute Gasteiger partial charge is 0.296 e. The molecular weight excluding hydrogens is 473 g/mol. The van der Waals surface area contributed by atoms with Crippen LogP contribution in [0.5, 0.6) is 0 Å². The SMILES string of the molecule is O=S(=O)(c1ccc(C(F)(F)F)cc1Cl)N1CCN(Cc2cn[nH]c2-c2cccs2)CC1. The Labute approximate surface area is 186 Å². The monoisotopic (exact) mass is 490 g/mol. The summed E-state index contributed by atoms with van der Waals surface area (Å²) >= 11 is 7.51. The minimum Gasteiger partial charge on any atom is -0.296 e. The minimum absolute atomic E-state index is 0.214. The van der Waals surface area contributed by atoms with E-state index in [0.717, 1.165) is 28.3 Å². The summed E-state index contributed by atoms with van der Waals surface area (Å²) in [6, 6.07) is 6.27. The summed E-state index contributed by atoms with van der Waals surface area (Å²) in [6.07, 6.45) is -2.83. The van der Waals surface area contributed by atoms with E-state index in [9.17, 15) is 21.6 Å². The Morgan fingerprint density at radius 2 is 1.90 bits per heavy atom. The number of halogens is 4. The van der Waals surface area contributed by atoms with Crippen molar-refractivity contribution in [3.8, 4) is 10.6 Å². The van der Waals surface area contributed by atoms with Crippen molar-refractivity contribution in [2.24, 2.45) is 0 Å². The lowest BCUT2D eigenvalue weighted by Crippen LogP contribution is -2.48. The molecule has 0 saturated carbocycles. The van der Waals surface area contributed by atoms with Gasteiger partial charge in [0.15, 0.2) is 0 Å². The standard InChI is InChI=1S/C19H18ClF3N4O2S2/c20-15-10-14(19(21,22)23)3-4-17(15)31(28,29)27-7-5-26(6-8-27)12-13-11-24-25-18(13)16-2-1-9-30-16/h1-4,9-11H,5-8,12H2,(H,24,25). The number of hydrogen-bond acceptors (Lipinski definition) is 5. The first-order valence-electron chi connectivity index (χ1n) is 9.31. The quantitative estimate of drug-likeness (QED) is 0.578. The first kappa shape index (κ1) is 22.3. The lowest BCUT2D eigenvalue weighted by atomic mass is 10.2. The van der Waals surface area contributed by atoms with Crippen molar-refractivity contribution in [3.63, 3.8) is 0 Å². The summed E-state index contributed by atoms with van der Waals surface area (Å²) in [7, 11) is -3.99. The molecule has 0 unspecified atom stereocenters. The molecule has 1 aliphatic rings. The molecule has 31 heavy (non-hydrogen) atoms. The van der Waals surface area contributed by atoms with Crippen molar-refractivity contribution in [1.82, 2.24) is 19.4 Å². The van der Waals surface area contributed by atoms with Crippen molar-refractivity contribution >= 4 is 33.0 Å². The van der Waals surface area contributed by atoms with Crippen molar-refractivity contribution in [1.29, 1.82) is 0 Å². The maximum Gasteiger partial charge on any atom is 0.416 e. The van der Waals surface area contributed by atoms with Gasteiger partial charge in [-0.25, -0.2) is 8.42 Å². The lowest BCUT2D eigenvalue weighted by Gasteiger charge is -2.34. The van der Waals surface area contributed by atoms with Crippen LogP contribution >= 0.6 is 22.9 Å². The molecule has 2 aromatic heterocycles. The second kappa shape index (κ2) is 8.55. The van der Waals surface area contributed by atoms with Gasteiger partial charge in [0.2, 0.25) is 10.0 Å². The first-order chi connectivity index (χ1) is 14.7. The van der Waals surface area contributed by atoms with Gasteiger partial charge in [-0.1, -0.05) is 17.7 Å².